The van der Waals surface area contributed by atoms with Gasteiger partial charge in [-0.15, -0.1) is 0 Å². The van der Waals surface area contributed by atoms with Gasteiger partial charge in [0.2, 0.25) is 0 Å². The number of pyridine rings is 1. The van der Waals surface area contributed by atoms with Gasteiger partial charge in [0.25, 0.3) is 0 Å². The number of anilines is 3. The van der Waals surface area contributed by atoms with Crippen LogP contribution in [-0.4, -0.2) is 11.7 Å². The monoisotopic (exact) mass is 664 g/mol. The summed E-state index contributed by atoms with van der Waals surface area (Å²) in [7, 11) is 0. The summed E-state index contributed by atoms with van der Waals surface area (Å²) in [6, 6.07) is 22.7. The van der Waals surface area contributed by atoms with Crippen molar-refractivity contribution in [2.24, 2.45) is 0 Å². The molecule has 4 heterocycles. The first-order valence-electron chi connectivity index (χ1n) is 18.6. The highest BCUT2D eigenvalue weighted by Crippen LogP contribution is 2.52. The van der Waals surface area contributed by atoms with Crippen molar-refractivity contribution in [3.8, 4) is 11.5 Å². The van der Waals surface area contributed by atoms with E-state index in [0.717, 1.165) is 69.3 Å². The summed E-state index contributed by atoms with van der Waals surface area (Å²) < 4.78 is 14.4. The van der Waals surface area contributed by atoms with Gasteiger partial charge in [0.15, 0.2) is 0 Å². The number of hydrogen-bond donors (Lipinski definition) is 0. The minimum Gasteiger partial charge on any atom is -0.468 e. The number of furan rings is 1. The fourth-order valence-corrected chi connectivity index (χ4v) is 8.49. The van der Waals surface area contributed by atoms with Crippen molar-refractivity contribution in [2.45, 2.75) is 130 Å². The maximum atomic E-state index is 7.28. The summed E-state index contributed by atoms with van der Waals surface area (Å²) >= 11 is 0. The second-order valence-electron chi connectivity index (χ2n) is 19.6. The molecular weight excluding hydrogens is 611 g/mol. The second-order valence-corrected chi connectivity index (χ2v) is 19.6. The quantitative estimate of drug-likeness (QED) is 0.164. The molecule has 0 unspecified atom stereocenters. The van der Waals surface area contributed by atoms with Gasteiger partial charge in [-0.1, -0.05) is 120 Å². The Balaban J connectivity index is 1.49. The SMILES string of the molecule is CC(C)(C)c1ccc(N2c3nc(C(C)(C)C)cc4c3B(c3ccc5c(c3O4)C(C)(C)CCC5(C)C)c3oc4ccc(C(C)(C)C)cc4c32)cc1. The van der Waals surface area contributed by atoms with Crippen LogP contribution in [0.2, 0.25) is 0 Å². The zero-order valence-corrected chi connectivity index (χ0v) is 32.5. The van der Waals surface area contributed by atoms with E-state index in [4.69, 9.17) is 14.1 Å². The maximum Gasteiger partial charge on any atom is 0.303 e. The van der Waals surface area contributed by atoms with Crippen LogP contribution < -0.4 is 26.2 Å². The highest BCUT2D eigenvalue weighted by molar-refractivity contribution is 6.98. The van der Waals surface area contributed by atoms with Crippen molar-refractivity contribution >= 4 is 51.5 Å². The predicted octanol–water partition coefficient (Wildman–Crippen LogP) is 10.5. The lowest BCUT2D eigenvalue weighted by Gasteiger charge is -2.45. The summed E-state index contributed by atoms with van der Waals surface area (Å²) in [5, 5.41) is 1.12. The third-order valence-corrected chi connectivity index (χ3v) is 11.8. The van der Waals surface area contributed by atoms with Crippen molar-refractivity contribution in [2.75, 3.05) is 4.90 Å². The molecule has 0 bridgehead atoms. The number of aromatic nitrogens is 1. The van der Waals surface area contributed by atoms with Crippen LogP contribution in [0.25, 0.3) is 11.0 Å². The van der Waals surface area contributed by atoms with Crippen LogP contribution in [0.5, 0.6) is 11.5 Å². The molecule has 2 aromatic heterocycles. The van der Waals surface area contributed by atoms with E-state index in [1.165, 1.54) is 27.7 Å². The van der Waals surface area contributed by atoms with Crippen LogP contribution in [0.4, 0.5) is 17.2 Å². The van der Waals surface area contributed by atoms with E-state index in [9.17, 15) is 0 Å². The smallest absolute Gasteiger partial charge is 0.303 e. The number of fused-ring (bicyclic) bond motifs is 8. The summed E-state index contributed by atoms with van der Waals surface area (Å²) in [5.74, 6) is 2.84. The number of rotatable bonds is 1. The molecule has 0 spiro atoms. The normalized spacial score (nSPS) is 17.5. The van der Waals surface area contributed by atoms with Crippen LogP contribution in [0.3, 0.4) is 0 Å². The van der Waals surface area contributed by atoms with E-state index in [-0.39, 0.29) is 33.8 Å². The number of benzene rings is 3. The highest BCUT2D eigenvalue weighted by atomic mass is 16.5. The highest BCUT2D eigenvalue weighted by Gasteiger charge is 2.50. The fourth-order valence-electron chi connectivity index (χ4n) is 8.49. The summed E-state index contributed by atoms with van der Waals surface area (Å²) in [4.78, 5) is 7.94. The Bertz CT molecular complexity index is 2200. The van der Waals surface area contributed by atoms with Crippen LogP contribution in [0, 0.1) is 0 Å². The van der Waals surface area contributed by atoms with Crippen molar-refractivity contribution in [3.05, 3.63) is 88.6 Å². The molecule has 0 saturated heterocycles. The average molecular weight is 665 g/mol. The Kier molecular flexibility index (Phi) is 6.83. The largest absolute Gasteiger partial charge is 0.468 e. The molecule has 1 aliphatic carbocycles. The first-order chi connectivity index (χ1) is 23.2. The van der Waals surface area contributed by atoms with Gasteiger partial charge < -0.3 is 9.15 Å². The van der Waals surface area contributed by atoms with Crippen molar-refractivity contribution in [1.29, 1.82) is 0 Å². The van der Waals surface area contributed by atoms with E-state index < -0.39 is 0 Å². The zero-order valence-electron chi connectivity index (χ0n) is 32.5. The zero-order chi connectivity index (χ0) is 35.9. The van der Waals surface area contributed by atoms with Gasteiger partial charge in [-0.05, 0) is 80.9 Å². The van der Waals surface area contributed by atoms with Crippen molar-refractivity contribution in [1.82, 2.24) is 4.98 Å². The number of nitrogens with zero attached hydrogens (tertiary/aromatic N) is 2. The molecule has 8 rings (SSSR count). The molecule has 5 aromatic rings. The maximum absolute atomic E-state index is 7.28. The number of hydrogen-bond acceptors (Lipinski definition) is 4. The predicted molar refractivity (Wildman–Crippen MR) is 211 cm³/mol. The summed E-state index contributed by atoms with van der Waals surface area (Å²) in [6.45, 7) is 29.8. The van der Waals surface area contributed by atoms with E-state index in [1.807, 2.05) is 0 Å². The van der Waals surface area contributed by atoms with E-state index in [1.54, 1.807) is 0 Å². The third-order valence-electron chi connectivity index (χ3n) is 11.8. The number of ether oxygens (including phenoxy) is 1. The molecule has 50 heavy (non-hydrogen) atoms. The van der Waals surface area contributed by atoms with Gasteiger partial charge in [-0.3, -0.25) is 4.90 Å². The molecule has 0 N–H and O–H groups in total. The van der Waals surface area contributed by atoms with Gasteiger partial charge in [0.1, 0.15) is 28.6 Å². The lowest BCUT2D eigenvalue weighted by Crippen LogP contribution is -2.60. The molecule has 0 radical (unpaired) electrons. The van der Waals surface area contributed by atoms with Crippen LogP contribution in [-0.2, 0) is 27.1 Å². The summed E-state index contributed by atoms with van der Waals surface area (Å²) in [6.07, 6.45) is 2.27. The van der Waals surface area contributed by atoms with Crippen LogP contribution >= 0.6 is 0 Å². The van der Waals surface area contributed by atoms with Crippen molar-refractivity contribution < 1.29 is 9.15 Å². The standard InChI is InChI=1S/C45H53BN2O2/c1-41(2,3)26-14-17-28(18-15-26)48-37-29-24-27(42(4,5)6)16-21-32(29)50-39(37)46-31-20-19-30-35(45(12,13)23-22-44(30,10)11)38(31)49-33-25-34(43(7,8)9)47-40(48)36(33)46/h14-21,24-25H,22-23H2,1-13H3. The Labute approximate surface area is 299 Å². The minimum absolute atomic E-state index is 0.0162. The molecule has 5 heteroatoms. The molecule has 2 aliphatic heterocycles. The molecule has 0 fully saturated rings. The van der Waals surface area contributed by atoms with E-state index >= 15 is 0 Å². The van der Waals surface area contributed by atoms with Gasteiger partial charge in [-0.2, -0.15) is 0 Å². The Morgan fingerprint density at radius 1 is 0.720 bits per heavy atom. The molecule has 4 nitrogen and oxygen atoms in total. The van der Waals surface area contributed by atoms with Gasteiger partial charge in [0.05, 0.1) is 11.4 Å². The van der Waals surface area contributed by atoms with E-state index in [2.05, 4.69) is 156 Å². The van der Waals surface area contributed by atoms with Gasteiger partial charge >= 0.3 is 6.71 Å². The topological polar surface area (TPSA) is 38.5 Å². The molecule has 0 atom stereocenters. The molecular formula is C45H53BN2O2. The second kappa shape index (κ2) is 10.3. The summed E-state index contributed by atoms with van der Waals surface area (Å²) in [5.41, 5.74) is 12.5. The van der Waals surface area contributed by atoms with Crippen LogP contribution in [0.1, 0.15) is 131 Å². The Morgan fingerprint density at radius 2 is 1.36 bits per heavy atom. The van der Waals surface area contributed by atoms with Crippen molar-refractivity contribution in [3.63, 3.8) is 0 Å². The third kappa shape index (κ3) is 4.89. The van der Waals surface area contributed by atoms with Gasteiger partial charge in [0, 0.05) is 33.6 Å². The Hall–Kier alpha value is -3.99. The lowest BCUT2D eigenvalue weighted by atomic mass is 9.36. The lowest BCUT2D eigenvalue weighted by molar-refractivity contribution is 0.320. The van der Waals surface area contributed by atoms with E-state index in [0.29, 0.717) is 0 Å². The molecule has 258 valence electrons. The van der Waals surface area contributed by atoms with Crippen LogP contribution in [0.15, 0.2) is 65.1 Å². The average Bonchev–Trinajstić information content (AvgIpc) is 3.40. The fraction of sp³-hybridized carbons (Fsp3) is 0.444. The van der Waals surface area contributed by atoms with Gasteiger partial charge in [-0.25, -0.2) is 4.98 Å². The minimum atomic E-state index is -0.193. The molecule has 3 aliphatic rings. The molecule has 0 saturated carbocycles. The molecule has 0 amide bonds. The Morgan fingerprint density at radius 3 is 2.00 bits per heavy atom. The first kappa shape index (κ1) is 33.2. The molecule has 3 aromatic carbocycles. The first-order valence-corrected chi connectivity index (χ1v) is 18.6.